The van der Waals surface area contributed by atoms with Crippen molar-refractivity contribution in [3.63, 3.8) is 0 Å². The molecule has 7 heteroatoms. The van der Waals surface area contributed by atoms with Gasteiger partial charge in [0.25, 0.3) is 0 Å². The molecule has 3 aromatic carbocycles. The molecule has 0 aliphatic carbocycles. The fourth-order valence-electron chi connectivity index (χ4n) is 3.82. The van der Waals surface area contributed by atoms with Crippen molar-refractivity contribution in [1.29, 1.82) is 0 Å². The topological polar surface area (TPSA) is 84.9 Å². The second-order valence-electron chi connectivity index (χ2n) is 8.24. The molecular weight excluding hydrogens is 437 g/mol. The van der Waals surface area contributed by atoms with Gasteiger partial charge in [0.15, 0.2) is 17.3 Å². The second-order valence-corrected chi connectivity index (χ2v) is 8.24. The Morgan fingerprint density at radius 2 is 1.79 bits per heavy atom. The number of carbonyl (C=O) groups excluding carboxylic acids is 1. The Bertz CT molecular complexity index is 1160. The number of nitrogens with one attached hydrogen (secondary N) is 1. The third kappa shape index (κ3) is 6.13. The van der Waals surface area contributed by atoms with Crippen LogP contribution in [0, 0.1) is 5.82 Å². The molecule has 0 amide bonds. The minimum Gasteiger partial charge on any atom is -0.491 e. The van der Waals surface area contributed by atoms with Crippen molar-refractivity contribution in [2.45, 2.75) is 38.3 Å². The highest BCUT2D eigenvalue weighted by Gasteiger charge is 2.17. The minimum atomic E-state index is -1.07. The summed E-state index contributed by atoms with van der Waals surface area (Å²) in [7, 11) is 0. The number of ether oxygens (including phenoxy) is 2. The predicted molar refractivity (Wildman–Crippen MR) is 126 cm³/mol. The lowest BCUT2D eigenvalue weighted by Gasteiger charge is -2.27. The van der Waals surface area contributed by atoms with Gasteiger partial charge in [-0.05, 0) is 60.4 Å². The summed E-state index contributed by atoms with van der Waals surface area (Å²) in [4.78, 5) is 22.5. The molecule has 0 spiro atoms. The van der Waals surface area contributed by atoms with Gasteiger partial charge in [0.1, 0.15) is 19.0 Å². The number of benzene rings is 3. The Hall–Kier alpha value is -3.87. The van der Waals surface area contributed by atoms with Gasteiger partial charge in [0, 0.05) is 17.7 Å². The Kier molecular flexibility index (Phi) is 7.42. The van der Waals surface area contributed by atoms with Crippen LogP contribution in [0.1, 0.15) is 40.7 Å². The molecule has 1 heterocycles. The van der Waals surface area contributed by atoms with Crippen molar-refractivity contribution in [2.75, 3.05) is 11.9 Å². The average molecular weight is 464 g/mol. The molecule has 1 aliphatic rings. The molecule has 176 valence electrons. The Morgan fingerprint density at radius 3 is 2.56 bits per heavy atom. The highest BCUT2D eigenvalue weighted by molar-refractivity contribution is 5.97. The number of fused-ring (bicyclic) bond motifs is 1. The zero-order chi connectivity index (χ0) is 23.9. The van der Waals surface area contributed by atoms with Gasteiger partial charge in [0.2, 0.25) is 0 Å². The van der Waals surface area contributed by atoms with Gasteiger partial charge < -0.3 is 19.9 Å². The van der Waals surface area contributed by atoms with Crippen LogP contribution < -0.4 is 14.8 Å². The third-order valence-corrected chi connectivity index (χ3v) is 5.73. The number of aryl methyl sites for hydroxylation is 1. The van der Waals surface area contributed by atoms with E-state index < -0.39 is 17.6 Å². The number of carboxylic acid groups (broad SMARTS) is 1. The maximum Gasteiger partial charge on any atom is 0.303 e. The number of para-hydroxylation sites is 1. The van der Waals surface area contributed by atoms with Crippen LogP contribution in [0.3, 0.4) is 0 Å². The van der Waals surface area contributed by atoms with Crippen molar-refractivity contribution in [3.05, 3.63) is 89.2 Å². The molecule has 2 N–H and O–H groups in total. The summed E-state index contributed by atoms with van der Waals surface area (Å²) in [5.41, 5.74) is 3.47. The minimum absolute atomic E-state index is 0.0266. The molecule has 1 atom stereocenters. The molecule has 1 aliphatic heterocycles. The molecule has 3 aromatic rings. The maximum absolute atomic E-state index is 14.3. The monoisotopic (exact) mass is 463 g/mol. The van der Waals surface area contributed by atoms with E-state index in [4.69, 9.17) is 14.6 Å². The van der Waals surface area contributed by atoms with Crippen LogP contribution >= 0.6 is 0 Å². The predicted octanol–water partition coefficient (Wildman–Crippen LogP) is 5.26. The van der Waals surface area contributed by atoms with Gasteiger partial charge in [-0.3, -0.25) is 9.59 Å². The van der Waals surface area contributed by atoms with Crippen LogP contribution in [0.15, 0.2) is 66.7 Å². The lowest BCUT2D eigenvalue weighted by atomic mass is 9.99. The number of halogens is 1. The summed E-state index contributed by atoms with van der Waals surface area (Å²) >= 11 is 0. The average Bonchev–Trinajstić information content (AvgIpc) is 2.85. The van der Waals surface area contributed by atoms with Crippen LogP contribution in [0.2, 0.25) is 0 Å². The molecule has 0 fully saturated rings. The SMILES string of the molecule is O=C(O)CCC(=O)c1ccc(OCc2ccc(OCC3CCc4ccccc4N3)cc2)c(F)c1. The van der Waals surface area contributed by atoms with E-state index in [1.165, 1.54) is 23.4 Å². The summed E-state index contributed by atoms with van der Waals surface area (Å²) in [5.74, 6) is -1.38. The first kappa shape index (κ1) is 23.3. The molecule has 0 radical (unpaired) electrons. The van der Waals surface area contributed by atoms with Crippen molar-refractivity contribution in [2.24, 2.45) is 0 Å². The van der Waals surface area contributed by atoms with Gasteiger partial charge in [-0.25, -0.2) is 4.39 Å². The van der Waals surface area contributed by atoms with Gasteiger partial charge in [-0.15, -0.1) is 0 Å². The number of carbonyl (C=O) groups is 2. The molecule has 34 heavy (non-hydrogen) atoms. The third-order valence-electron chi connectivity index (χ3n) is 5.73. The van der Waals surface area contributed by atoms with Crippen LogP contribution in [-0.2, 0) is 17.8 Å². The first-order chi connectivity index (χ1) is 16.5. The highest BCUT2D eigenvalue weighted by atomic mass is 19.1. The number of ketones is 1. The zero-order valence-electron chi connectivity index (χ0n) is 18.6. The Morgan fingerprint density at radius 1 is 1.00 bits per heavy atom. The van der Waals surface area contributed by atoms with Crippen molar-refractivity contribution in [3.8, 4) is 11.5 Å². The number of anilines is 1. The lowest BCUT2D eigenvalue weighted by molar-refractivity contribution is -0.136. The summed E-state index contributed by atoms with van der Waals surface area (Å²) in [6.45, 7) is 0.720. The number of hydrogen-bond acceptors (Lipinski definition) is 5. The largest absolute Gasteiger partial charge is 0.491 e. The van der Waals surface area contributed by atoms with Crippen molar-refractivity contribution < 1.29 is 28.6 Å². The normalized spacial score (nSPS) is 14.6. The van der Waals surface area contributed by atoms with E-state index in [9.17, 15) is 14.0 Å². The van der Waals surface area contributed by atoms with E-state index in [-0.39, 0.29) is 36.8 Å². The molecule has 0 saturated heterocycles. The van der Waals surface area contributed by atoms with Crippen LogP contribution in [0.5, 0.6) is 11.5 Å². The summed E-state index contributed by atoms with van der Waals surface area (Å²) < 4.78 is 25.8. The summed E-state index contributed by atoms with van der Waals surface area (Å²) in [6, 6.07) is 19.9. The van der Waals surface area contributed by atoms with Gasteiger partial charge in [-0.1, -0.05) is 30.3 Å². The smallest absolute Gasteiger partial charge is 0.303 e. The first-order valence-electron chi connectivity index (χ1n) is 11.2. The maximum atomic E-state index is 14.3. The van der Waals surface area contributed by atoms with Crippen molar-refractivity contribution >= 4 is 17.4 Å². The zero-order valence-corrected chi connectivity index (χ0v) is 18.6. The number of carboxylic acids is 1. The number of Topliss-reactive ketones (excluding diaryl/α,β-unsaturated/α-hetero) is 1. The Balaban J connectivity index is 1.25. The van der Waals surface area contributed by atoms with E-state index in [0.717, 1.165) is 30.2 Å². The molecule has 1 unspecified atom stereocenters. The van der Waals surface area contributed by atoms with E-state index in [0.29, 0.717) is 6.61 Å². The standard InChI is InChI=1S/C27H26FNO5/c28-23-15-20(25(30)12-14-27(31)32)8-13-26(23)34-16-18-5-10-22(11-6-18)33-17-21-9-7-19-3-1-2-4-24(19)29-21/h1-6,8,10-11,13,15,21,29H,7,9,12,14,16-17H2,(H,31,32). The summed E-state index contributed by atoms with van der Waals surface area (Å²) in [5, 5.41) is 12.2. The molecule has 0 saturated carbocycles. The first-order valence-corrected chi connectivity index (χ1v) is 11.2. The highest BCUT2D eigenvalue weighted by Crippen LogP contribution is 2.25. The number of hydrogen-bond donors (Lipinski definition) is 2. The van der Waals surface area contributed by atoms with Crippen LogP contribution in [0.4, 0.5) is 10.1 Å². The Labute approximate surface area is 197 Å². The van der Waals surface area contributed by atoms with E-state index >= 15 is 0 Å². The fraction of sp³-hybridized carbons (Fsp3) is 0.259. The number of rotatable bonds is 10. The quantitative estimate of drug-likeness (QED) is 0.399. The molecule has 0 aromatic heterocycles. The van der Waals surface area contributed by atoms with Gasteiger partial charge in [0.05, 0.1) is 12.5 Å². The van der Waals surface area contributed by atoms with Crippen LogP contribution in [-0.4, -0.2) is 29.5 Å². The molecule has 6 nitrogen and oxygen atoms in total. The van der Waals surface area contributed by atoms with E-state index in [2.05, 4.69) is 23.5 Å². The van der Waals surface area contributed by atoms with E-state index in [1.807, 2.05) is 30.3 Å². The van der Waals surface area contributed by atoms with Gasteiger partial charge >= 0.3 is 5.97 Å². The van der Waals surface area contributed by atoms with Crippen LogP contribution in [0.25, 0.3) is 0 Å². The second kappa shape index (κ2) is 10.8. The number of aliphatic carboxylic acids is 1. The summed E-state index contributed by atoms with van der Waals surface area (Å²) in [6.07, 6.45) is 1.58. The van der Waals surface area contributed by atoms with Gasteiger partial charge in [-0.2, -0.15) is 0 Å². The molecular formula is C27H26FNO5. The fourth-order valence-corrected chi connectivity index (χ4v) is 3.82. The lowest BCUT2D eigenvalue weighted by Crippen LogP contribution is -2.31. The van der Waals surface area contributed by atoms with Crippen molar-refractivity contribution in [1.82, 2.24) is 0 Å². The molecule has 0 bridgehead atoms. The van der Waals surface area contributed by atoms with E-state index in [1.54, 1.807) is 0 Å². The molecule has 4 rings (SSSR count).